The SMILES string of the molecule is CC1(N2CCC(Cc3ccc(OCc4ccc(CO)cc4)cc3Cl)C2=O)CCC(O)CC1. The van der Waals surface area contributed by atoms with E-state index in [2.05, 4.69) is 11.8 Å². The Morgan fingerprint density at radius 2 is 1.78 bits per heavy atom. The van der Waals surface area contributed by atoms with Crippen molar-refractivity contribution in [3.8, 4) is 5.75 Å². The molecule has 1 saturated heterocycles. The summed E-state index contributed by atoms with van der Waals surface area (Å²) in [4.78, 5) is 15.2. The highest BCUT2D eigenvalue weighted by Gasteiger charge is 2.44. The maximum Gasteiger partial charge on any atom is 0.226 e. The van der Waals surface area contributed by atoms with Crippen molar-refractivity contribution in [1.82, 2.24) is 4.90 Å². The molecule has 1 saturated carbocycles. The molecule has 2 aromatic rings. The summed E-state index contributed by atoms with van der Waals surface area (Å²) >= 11 is 6.54. The van der Waals surface area contributed by atoms with Gasteiger partial charge < -0.3 is 19.8 Å². The van der Waals surface area contributed by atoms with E-state index in [1.54, 1.807) is 0 Å². The molecule has 1 heterocycles. The summed E-state index contributed by atoms with van der Waals surface area (Å²) in [7, 11) is 0. The number of hydrogen-bond acceptors (Lipinski definition) is 4. The van der Waals surface area contributed by atoms with Gasteiger partial charge in [-0.05, 0) is 74.3 Å². The van der Waals surface area contributed by atoms with E-state index < -0.39 is 0 Å². The molecule has 0 radical (unpaired) electrons. The van der Waals surface area contributed by atoms with E-state index in [-0.39, 0.29) is 30.1 Å². The zero-order valence-corrected chi connectivity index (χ0v) is 19.4. The van der Waals surface area contributed by atoms with Crippen LogP contribution in [0.15, 0.2) is 42.5 Å². The predicted molar refractivity (Wildman–Crippen MR) is 125 cm³/mol. The van der Waals surface area contributed by atoms with E-state index in [0.717, 1.165) is 55.3 Å². The summed E-state index contributed by atoms with van der Waals surface area (Å²) in [6, 6.07) is 13.3. The third-order valence-electron chi connectivity index (χ3n) is 7.10. The molecule has 1 aliphatic carbocycles. The number of benzene rings is 2. The summed E-state index contributed by atoms with van der Waals surface area (Å²) in [5, 5.41) is 19.6. The van der Waals surface area contributed by atoms with Gasteiger partial charge in [0, 0.05) is 23.0 Å². The number of aliphatic hydroxyl groups excluding tert-OH is 2. The number of carbonyl (C=O) groups excluding carboxylic acids is 1. The number of carbonyl (C=O) groups is 1. The normalized spacial score (nSPS) is 25.9. The van der Waals surface area contributed by atoms with Gasteiger partial charge in [0.25, 0.3) is 0 Å². The van der Waals surface area contributed by atoms with Crippen molar-refractivity contribution in [2.75, 3.05) is 6.54 Å². The summed E-state index contributed by atoms with van der Waals surface area (Å²) < 4.78 is 5.87. The largest absolute Gasteiger partial charge is 0.489 e. The first-order chi connectivity index (χ1) is 15.4. The maximum atomic E-state index is 13.2. The number of nitrogens with zero attached hydrogens (tertiary/aromatic N) is 1. The first-order valence-corrected chi connectivity index (χ1v) is 11.9. The number of aliphatic hydroxyl groups is 2. The Labute approximate surface area is 195 Å². The first kappa shape index (κ1) is 23.1. The Morgan fingerprint density at radius 3 is 2.44 bits per heavy atom. The molecule has 2 fully saturated rings. The minimum atomic E-state index is -0.226. The molecule has 5 nitrogen and oxygen atoms in total. The van der Waals surface area contributed by atoms with Gasteiger partial charge in [-0.15, -0.1) is 0 Å². The van der Waals surface area contributed by atoms with Crippen molar-refractivity contribution in [1.29, 1.82) is 0 Å². The number of ether oxygens (including phenoxy) is 1. The van der Waals surface area contributed by atoms with Gasteiger partial charge in [-0.3, -0.25) is 4.79 Å². The summed E-state index contributed by atoms with van der Waals surface area (Å²) in [6.45, 7) is 3.40. The minimum Gasteiger partial charge on any atom is -0.489 e. The average molecular weight is 458 g/mol. The van der Waals surface area contributed by atoms with Crippen LogP contribution in [0.1, 0.15) is 55.7 Å². The van der Waals surface area contributed by atoms with Gasteiger partial charge in [-0.25, -0.2) is 0 Å². The zero-order valence-electron chi connectivity index (χ0n) is 18.6. The molecule has 32 heavy (non-hydrogen) atoms. The number of likely N-dealkylation sites (tertiary alicyclic amines) is 1. The van der Waals surface area contributed by atoms with E-state index in [0.29, 0.717) is 23.8 Å². The van der Waals surface area contributed by atoms with Crippen LogP contribution in [0.25, 0.3) is 0 Å². The van der Waals surface area contributed by atoms with Crippen LogP contribution in [0.4, 0.5) is 0 Å². The molecule has 1 unspecified atom stereocenters. The molecule has 6 heteroatoms. The number of halogens is 1. The summed E-state index contributed by atoms with van der Waals surface area (Å²) in [5.74, 6) is 0.859. The van der Waals surface area contributed by atoms with Gasteiger partial charge in [-0.1, -0.05) is 41.9 Å². The Morgan fingerprint density at radius 1 is 1.09 bits per heavy atom. The molecule has 2 aliphatic rings. The predicted octanol–water partition coefficient (Wildman–Crippen LogP) is 4.50. The molecule has 1 aliphatic heterocycles. The van der Waals surface area contributed by atoms with Crippen LogP contribution in [0.3, 0.4) is 0 Å². The van der Waals surface area contributed by atoms with Crippen molar-refractivity contribution < 1.29 is 19.7 Å². The van der Waals surface area contributed by atoms with E-state index in [1.165, 1.54) is 0 Å². The smallest absolute Gasteiger partial charge is 0.226 e. The van der Waals surface area contributed by atoms with Crippen molar-refractivity contribution in [2.45, 2.75) is 70.3 Å². The number of rotatable bonds is 7. The molecule has 1 atom stereocenters. The fraction of sp³-hybridized carbons (Fsp3) is 0.500. The van der Waals surface area contributed by atoms with Crippen molar-refractivity contribution in [3.05, 3.63) is 64.2 Å². The lowest BCUT2D eigenvalue weighted by atomic mass is 9.80. The molecular weight excluding hydrogens is 426 g/mol. The van der Waals surface area contributed by atoms with Crippen molar-refractivity contribution >= 4 is 17.5 Å². The van der Waals surface area contributed by atoms with Gasteiger partial charge >= 0.3 is 0 Å². The van der Waals surface area contributed by atoms with Gasteiger partial charge in [-0.2, -0.15) is 0 Å². The average Bonchev–Trinajstić information content (AvgIpc) is 3.17. The minimum absolute atomic E-state index is 0.0296. The molecule has 0 bridgehead atoms. The number of amides is 1. The molecule has 0 aromatic heterocycles. The number of hydrogen-bond donors (Lipinski definition) is 2. The van der Waals surface area contributed by atoms with E-state index in [4.69, 9.17) is 21.4 Å². The van der Waals surface area contributed by atoms with E-state index in [9.17, 15) is 9.90 Å². The van der Waals surface area contributed by atoms with Crippen LogP contribution in [0.5, 0.6) is 5.75 Å². The molecular formula is C26H32ClNO4. The third kappa shape index (κ3) is 5.11. The van der Waals surface area contributed by atoms with Crippen LogP contribution in [-0.2, 0) is 24.4 Å². The fourth-order valence-electron chi connectivity index (χ4n) is 4.92. The van der Waals surface area contributed by atoms with Crippen LogP contribution >= 0.6 is 11.6 Å². The second-order valence-corrected chi connectivity index (χ2v) is 9.83. The second-order valence-electron chi connectivity index (χ2n) is 9.42. The molecule has 2 aromatic carbocycles. The third-order valence-corrected chi connectivity index (χ3v) is 7.45. The fourth-order valence-corrected chi connectivity index (χ4v) is 5.16. The maximum absolute atomic E-state index is 13.2. The summed E-state index contributed by atoms with van der Waals surface area (Å²) in [6.07, 6.45) is 4.51. The standard InChI is InChI=1S/C26H32ClNO4/c1-26(11-8-22(30)9-12-26)28-13-10-21(25(28)31)14-20-6-7-23(15-24(20)27)32-17-19-4-2-18(16-29)3-5-19/h2-7,15,21-22,29-30H,8-14,16-17H2,1H3. The van der Waals surface area contributed by atoms with Gasteiger partial charge in [0.05, 0.1) is 12.7 Å². The van der Waals surface area contributed by atoms with E-state index >= 15 is 0 Å². The van der Waals surface area contributed by atoms with Crippen LogP contribution < -0.4 is 4.74 Å². The lowest BCUT2D eigenvalue weighted by Gasteiger charge is -2.43. The highest BCUT2D eigenvalue weighted by molar-refractivity contribution is 6.31. The topological polar surface area (TPSA) is 70.0 Å². The zero-order chi connectivity index (χ0) is 22.7. The lowest BCUT2D eigenvalue weighted by Crippen LogP contribution is -2.50. The lowest BCUT2D eigenvalue weighted by molar-refractivity contribution is -0.137. The highest BCUT2D eigenvalue weighted by atomic mass is 35.5. The molecule has 1 amide bonds. The van der Waals surface area contributed by atoms with E-state index in [1.807, 2.05) is 42.5 Å². The summed E-state index contributed by atoms with van der Waals surface area (Å²) in [5.41, 5.74) is 2.72. The second kappa shape index (κ2) is 9.82. The molecule has 0 spiro atoms. The van der Waals surface area contributed by atoms with Crippen LogP contribution in [0, 0.1) is 5.92 Å². The first-order valence-electron chi connectivity index (χ1n) is 11.5. The Kier molecular flexibility index (Phi) is 7.08. The highest BCUT2D eigenvalue weighted by Crippen LogP contribution is 2.38. The van der Waals surface area contributed by atoms with Gasteiger partial charge in [0.1, 0.15) is 12.4 Å². The van der Waals surface area contributed by atoms with Crippen LogP contribution in [0.2, 0.25) is 5.02 Å². The van der Waals surface area contributed by atoms with Crippen molar-refractivity contribution in [3.63, 3.8) is 0 Å². The molecule has 172 valence electrons. The van der Waals surface area contributed by atoms with Gasteiger partial charge in [0.2, 0.25) is 5.91 Å². The monoisotopic (exact) mass is 457 g/mol. The molecule has 2 N–H and O–H groups in total. The Bertz CT molecular complexity index is 937. The Balaban J connectivity index is 1.35. The molecule has 4 rings (SSSR count). The van der Waals surface area contributed by atoms with Gasteiger partial charge in [0.15, 0.2) is 0 Å². The quantitative estimate of drug-likeness (QED) is 0.642. The van der Waals surface area contributed by atoms with Crippen LogP contribution in [-0.4, -0.2) is 39.2 Å². The Hall–Kier alpha value is -2.08. The van der Waals surface area contributed by atoms with Crippen molar-refractivity contribution in [2.24, 2.45) is 5.92 Å².